The fourth-order valence-corrected chi connectivity index (χ4v) is 6.67. The Bertz CT molecular complexity index is 1770. The summed E-state index contributed by atoms with van der Waals surface area (Å²) in [5.41, 5.74) is 5.67. The number of thiocarbonyl (C=S) groups is 1. The third-order valence-electron chi connectivity index (χ3n) is 7.41. The van der Waals surface area contributed by atoms with Crippen molar-refractivity contribution in [1.29, 1.82) is 0 Å². The van der Waals surface area contributed by atoms with E-state index in [0.29, 0.717) is 5.11 Å². The third-order valence-corrected chi connectivity index (χ3v) is 8.74. The molecule has 0 spiro atoms. The van der Waals surface area contributed by atoms with Crippen LogP contribution in [0.1, 0.15) is 34.7 Å². The van der Waals surface area contributed by atoms with Gasteiger partial charge in [-0.1, -0.05) is 30.0 Å². The van der Waals surface area contributed by atoms with E-state index in [1.807, 2.05) is 67.6 Å². The fraction of sp³-hybridized carbons (Fsp3) is 0.125. The average Bonchev–Trinajstić information content (AvgIpc) is 3.49. The van der Waals surface area contributed by atoms with Crippen LogP contribution in [0, 0.1) is 24.0 Å². The SMILES string of the molecule is Cc1cc([C@@H]2[C@@H](c3ccccn3)NC(=S)N2c2ccc(Sc3ccc([N+](=O)[O-])cc3)cc2)c(C)n1-c1ccccc1O. The molecule has 2 aromatic heterocycles. The summed E-state index contributed by atoms with van der Waals surface area (Å²) < 4.78 is 2.07. The van der Waals surface area contributed by atoms with Gasteiger partial charge in [-0.15, -0.1) is 0 Å². The number of nitrogens with zero attached hydrogens (tertiary/aromatic N) is 4. The van der Waals surface area contributed by atoms with E-state index in [9.17, 15) is 15.2 Å². The molecule has 1 aliphatic rings. The summed E-state index contributed by atoms with van der Waals surface area (Å²) >= 11 is 7.46. The summed E-state index contributed by atoms with van der Waals surface area (Å²) in [6, 6.07) is 29.6. The van der Waals surface area contributed by atoms with Gasteiger partial charge in [-0.05, 0) is 98.4 Å². The zero-order valence-corrected chi connectivity index (χ0v) is 24.5. The second-order valence-electron chi connectivity index (χ2n) is 9.99. The fourth-order valence-electron chi connectivity index (χ4n) is 5.51. The molecule has 5 aromatic rings. The molecule has 0 unspecified atom stereocenters. The van der Waals surface area contributed by atoms with E-state index in [4.69, 9.17) is 12.2 Å². The highest BCUT2D eigenvalue weighted by molar-refractivity contribution is 7.99. The number of hydrogen-bond acceptors (Lipinski definition) is 6. The molecule has 3 aromatic carbocycles. The number of pyridine rings is 1. The van der Waals surface area contributed by atoms with Gasteiger partial charge < -0.3 is 19.9 Å². The van der Waals surface area contributed by atoms with Crippen LogP contribution >= 0.6 is 24.0 Å². The average molecular weight is 594 g/mol. The Balaban J connectivity index is 1.38. The van der Waals surface area contributed by atoms with Gasteiger partial charge in [0.1, 0.15) is 5.75 Å². The van der Waals surface area contributed by atoms with Crippen LogP contribution in [0.4, 0.5) is 11.4 Å². The number of anilines is 1. The smallest absolute Gasteiger partial charge is 0.269 e. The first-order valence-electron chi connectivity index (χ1n) is 13.3. The molecule has 2 N–H and O–H groups in total. The van der Waals surface area contributed by atoms with E-state index in [1.165, 1.54) is 23.9 Å². The van der Waals surface area contributed by atoms with Crippen LogP contribution in [-0.2, 0) is 0 Å². The number of nitro groups is 1. The van der Waals surface area contributed by atoms with Crippen LogP contribution in [0.15, 0.2) is 113 Å². The zero-order valence-electron chi connectivity index (χ0n) is 22.8. The zero-order chi connectivity index (χ0) is 29.4. The molecule has 1 aliphatic heterocycles. The predicted octanol–water partition coefficient (Wildman–Crippen LogP) is 7.43. The minimum absolute atomic E-state index is 0.0695. The Morgan fingerprint density at radius 3 is 2.26 bits per heavy atom. The van der Waals surface area contributed by atoms with E-state index in [0.717, 1.165) is 43.8 Å². The monoisotopic (exact) mass is 593 g/mol. The molecule has 8 nitrogen and oxygen atoms in total. The highest BCUT2D eigenvalue weighted by Crippen LogP contribution is 2.44. The molecule has 0 aliphatic carbocycles. The van der Waals surface area contributed by atoms with Crippen molar-refractivity contribution in [2.45, 2.75) is 35.7 Å². The van der Waals surface area contributed by atoms with Gasteiger partial charge in [-0.25, -0.2) is 0 Å². The number of aromatic hydroxyl groups is 1. The van der Waals surface area contributed by atoms with Gasteiger partial charge in [0.15, 0.2) is 5.11 Å². The maximum atomic E-state index is 11.0. The molecule has 0 saturated carbocycles. The van der Waals surface area contributed by atoms with Crippen molar-refractivity contribution in [3.63, 3.8) is 0 Å². The summed E-state index contributed by atoms with van der Waals surface area (Å²) in [5, 5.41) is 25.8. The maximum Gasteiger partial charge on any atom is 0.269 e. The molecule has 2 atom stereocenters. The standard InChI is InChI=1S/C32H27N5O3S2/c1-20-19-26(21(2)35(20)28-8-3-4-9-29(28)38)31-30(27-7-5-6-18-33-27)34-32(41)36(31)22-10-14-24(15-11-22)42-25-16-12-23(13-17-25)37(39)40/h3-19,30-31,38H,1-2H3,(H,34,41)/t30-,31-/m1/s1. The molecule has 6 rings (SSSR count). The summed E-state index contributed by atoms with van der Waals surface area (Å²) in [7, 11) is 0. The molecular weight excluding hydrogens is 567 g/mol. The lowest BCUT2D eigenvalue weighted by Crippen LogP contribution is -2.29. The van der Waals surface area contributed by atoms with Gasteiger partial charge in [-0.3, -0.25) is 15.1 Å². The van der Waals surface area contributed by atoms with Crippen molar-refractivity contribution in [1.82, 2.24) is 14.9 Å². The molecule has 0 amide bonds. The Kier molecular flexibility index (Phi) is 7.40. The predicted molar refractivity (Wildman–Crippen MR) is 169 cm³/mol. The van der Waals surface area contributed by atoms with Crippen LogP contribution in [0.25, 0.3) is 5.69 Å². The van der Waals surface area contributed by atoms with Crippen molar-refractivity contribution < 1.29 is 10.0 Å². The van der Waals surface area contributed by atoms with E-state index < -0.39 is 4.92 Å². The van der Waals surface area contributed by atoms with Gasteiger partial charge in [0.25, 0.3) is 5.69 Å². The molecule has 42 heavy (non-hydrogen) atoms. The Labute approximate surface area is 252 Å². The highest BCUT2D eigenvalue weighted by atomic mass is 32.2. The van der Waals surface area contributed by atoms with E-state index in [1.54, 1.807) is 24.4 Å². The first-order valence-corrected chi connectivity index (χ1v) is 14.5. The number of para-hydroxylation sites is 2. The van der Waals surface area contributed by atoms with Crippen molar-refractivity contribution in [2.24, 2.45) is 0 Å². The summed E-state index contributed by atoms with van der Waals surface area (Å²) in [6.45, 7) is 4.10. The lowest BCUT2D eigenvalue weighted by Gasteiger charge is -2.28. The van der Waals surface area contributed by atoms with Crippen molar-refractivity contribution in [3.05, 3.63) is 136 Å². The number of nitro benzene ring substituents is 1. The third kappa shape index (κ3) is 5.10. The lowest BCUT2D eigenvalue weighted by atomic mass is 9.96. The summed E-state index contributed by atoms with van der Waals surface area (Å²) in [5.74, 6) is 0.213. The van der Waals surface area contributed by atoms with Gasteiger partial charge in [0, 0.05) is 45.2 Å². The Hall–Kier alpha value is -4.67. The van der Waals surface area contributed by atoms with Crippen LogP contribution in [0.2, 0.25) is 0 Å². The Morgan fingerprint density at radius 1 is 0.952 bits per heavy atom. The number of aryl methyl sites for hydroxylation is 1. The normalized spacial score (nSPS) is 16.4. The van der Waals surface area contributed by atoms with Gasteiger partial charge in [0.05, 0.1) is 28.4 Å². The summed E-state index contributed by atoms with van der Waals surface area (Å²) in [6.07, 6.45) is 1.79. The number of phenols is 1. The van der Waals surface area contributed by atoms with E-state index in [2.05, 4.69) is 32.8 Å². The van der Waals surface area contributed by atoms with Crippen molar-refractivity contribution in [3.8, 4) is 11.4 Å². The maximum absolute atomic E-state index is 11.0. The molecule has 1 fully saturated rings. The first-order chi connectivity index (χ1) is 20.3. The number of non-ortho nitro benzene ring substituents is 1. The number of aromatic nitrogens is 2. The molecule has 0 radical (unpaired) electrons. The van der Waals surface area contributed by atoms with Crippen LogP contribution < -0.4 is 10.2 Å². The second kappa shape index (κ2) is 11.3. The van der Waals surface area contributed by atoms with Crippen molar-refractivity contribution in [2.75, 3.05) is 4.90 Å². The number of benzene rings is 3. The van der Waals surface area contributed by atoms with Gasteiger partial charge in [-0.2, -0.15) is 0 Å². The van der Waals surface area contributed by atoms with E-state index in [-0.39, 0.29) is 23.5 Å². The second-order valence-corrected chi connectivity index (χ2v) is 11.5. The van der Waals surface area contributed by atoms with Crippen LogP contribution in [0.5, 0.6) is 5.75 Å². The minimum Gasteiger partial charge on any atom is -0.506 e. The lowest BCUT2D eigenvalue weighted by molar-refractivity contribution is -0.384. The number of nitrogens with one attached hydrogen (secondary N) is 1. The number of rotatable bonds is 7. The number of hydrogen-bond donors (Lipinski definition) is 2. The molecule has 10 heteroatoms. The molecule has 0 bridgehead atoms. The number of phenolic OH excluding ortho intramolecular Hbond substituents is 1. The van der Waals surface area contributed by atoms with Crippen molar-refractivity contribution >= 4 is 40.5 Å². The minimum atomic E-state index is -0.398. The molecule has 3 heterocycles. The Morgan fingerprint density at radius 2 is 1.62 bits per heavy atom. The van der Waals surface area contributed by atoms with Crippen LogP contribution in [0.3, 0.4) is 0 Å². The quantitative estimate of drug-likeness (QED) is 0.114. The largest absolute Gasteiger partial charge is 0.506 e. The first kappa shape index (κ1) is 27.5. The topological polar surface area (TPSA) is 96.5 Å². The summed E-state index contributed by atoms with van der Waals surface area (Å²) in [4.78, 5) is 19.3. The van der Waals surface area contributed by atoms with E-state index >= 15 is 0 Å². The highest BCUT2D eigenvalue weighted by Gasteiger charge is 2.42. The van der Waals surface area contributed by atoms with Gasteiger partial charge in [0.2, 0.25) is 0 Å². The van der Waals surface area contributed by atoms with Crippen LogP contribution in [-0.4, -0.2) is 24.7 Å². The molecular formula is C32H27N5O3S2. The molecule has 1 saturated heterocycles. The van der Waals surface area contributed by atoms with Gasteiger partial charge >= 0.3 is 0 Å². The molecule has 210 valence electrons.